The van der Waals surface area contributed by atoms with E-state index in [4.69, 9.17) is 5.73 Å². The van der Waals surface area contributed by atoms with Crippen LogP contribution in [0.2, 0.25) is 0 Å². The van der Waals surface area contributed by atoms with Crippen LogP contribution in [0.1, 0.15) is 19.8 Å². The minimum Gasteiger partial charge on any atom is -0.356 e. The van der Waals surface area contributed by atoms with Crippen LogP contribution in [0.15, 0.2) is 24.4 Å². The van der Waals surface area contributed by atoms with Crippen molar-refractivity contribution in [2.45, 2.75) is 25.8 Å². The first kappa shape index (κ1) is 22.9. The highest BCUT2D eigenvalue weighted by Gasteiger charge is 2.18. The van der Waals surface area contributed by atoms with E-state index < -0.39 is 0 Å². The lowest BCUT2D eigenvalue weighted by Crippen LogP contribution is -2.47. The summed E-state index contributed by atoms with van der Waals surface area (Å²) in [7, 11) is 0. The summed E-state index contributed by atoms with van der Waals surface area (Å²) in [4.78, 5) is 20.8. The number of nitrogens with one attached hydrogen (secondary N) is 1. The number of hydrogen-bond donors (Lipinski definition) is 2. The summed E-state index contributed by atoms with van der Waals surface area (Å²) in [5.41, 5.74) is 5.66. The quantitative estimate of drug-likeness (QED) is 0.748. The Morgan fingerprint density at radius 3 is 2.58 bits per heavy atom. The molecule has 6 nitrogen and oxygen atoms in total. The summed E-state index contributed by atoms with van der Waals surface area (Å²) in [6.45, 7) is 7.32. The smallest absolute Gasteiger partial charge is 0.221 e. The van der Waals surface area contributed by atoms with Crippen molar-refractivity contribution in [2.24, 2.45) is 5.73 Å². The zero-order valence-corrected chi connectivity index (χ0v) is 15.8. The van der Waals surface area contributed by atoms with Gasteiger partial charge < -0.3 is 16.0 Å². The fourth-order valence-corrected chi connectivity index (χ4v) is 2.53. The number of pyridine rings is 1. The van der Waals surface area contributed by atoms with Crippen LogP contribution in [0.3, 0.4) is 0 Å². The lowest BCUT2D eigenvalue weighted by Gasteiger charge is -2.35. The van der Waals surface area contributed by atoms with Gasteiger partial charge in [0.1, 0.15) is 5.82 Å². The molecule has 24 heavy (non-hydrogen) atoms. The Kier molecular flexibility index (Phi) is 11.8. The SMILES string of the molecule is CC(N)CCNC(=O)CCN1CCN(c2ccccn2)CC1.Cl.Cl. The minimum atomic E-state index is 0. The third-order valence-electron chi connectivity index (χ3n) is 3.92. The number of carbonyl (C=O) groups excluding carboxylic acids is 1. The third-order valence-corrected chi connectivity index (χ3v) is 3.92. The van der Waals surface area contributed by atoms with Gasteiger partial charge in [0.15, 0.2) is 0 Å². The molecule has 2 heterocycles. The fourth-order valence-electron chi connectivity index (χ4n) is 2.53. The standard InChI is InChI=1S/C16H27N5O.2ClH/c1-14(17)5-8-19-16(22)6-9-20-10-12-21(13-11-20)15-4-2-3-7-18-15;;/h2-4,7,14H,5-6,8-13,17H2,1H3,(H,19,22);2*1H. The van der Waals surface area contributed by atoms with Crippen LogP contribution in [-0.4, -0.2) is 61.1 Å². The van der Waals surface area contributed by atoms with Crippen molar-refractivity contribution in [3.05, 3.63) is 24.4 Å². The Hall–Kier alpha value is -1.08. The van der Waals surface area contributed by atoms with Gasteiger partial charge in [-0.1, -0.05) is 6.07 Å². The van der Waals surface area contributed by atoms with Crippen LogP contribution in [0.5, 0.6) is 0 Å². The largest absolute Gasteiger partial charge is 0.356 e. The van der Waals surface area contributed by atoms with Gasteiger partial charge in [0.25, 0.3) is 0 Å². The molecule has 1 aliphatic rings. The summed E-state index contributed by atoms with van der Waals surface area (Å²) in [5, 5.41) is 2.92. The molecule has 2 rings (SSSR count). The topological polar surface area (TPSA) is 74.5 Å². The van der Waals surface area contributed by atoms with E-state index in [0.29, 0.717) is 13.0 Å². The maximum absolute atomic E-state index is 11.8. The molecule has 1 aromatic rings. The molecule has 1 unspecified atom stereocenters. The molecule has 0 radical (unpaired) electrons. The van der Waals surface area contributed by atoms with Crippen LogP contribution in [0.25, 0.3) is 0 Å². The van der Waals surface area contributed by atoms with Crippen LogP contribution in [-0.2, 0) is 4.79 Å². The van der Waals surface area contributed by atoms with Crippen LogP contribution in [0, 0.1) is 0 Å². The van der Waals surface area contributed by atoms with Gasteiger partial charge in [-0.2, -0.15) is 0 Å². The molecule has 1 saturated heterocycles. The van der Waals surface area contributed by atoms with Crippen molar-refractivity contribution < 1.29 is 4.79 Å². The normalized spacial score (nSPS) is 15.8. The number of rotatable bonds is 7. The van der Waals surface area contributed by atoms with E-state index >= 15 is 0 Å². The van der Waals surface area contributed by atoms with Crippen LogP contribution >= 0.6 is 24.8 Å². The van der Waals surface area contributed by atoms with Gasteiger partial charge in [0.2, 0.25) is 5.91 Å². The van der Waals surface area contributed by atoms with Gasteiger partial charge in [-0.25, -0.2) is 4.98 Å². The molecule has 0 aliphatic carbocycles. The van der Waals surface area contributed by atoms with E-state index in [1.807, 2.05) is 31.3 Å². The van der Waals surface area contributed by atoms with Crippen molar-refractivity contribution in [3.8, 4) is 0 Å². The molecule has 8 heteroatoms. The van der Waals surface area contributed by atoms with E-state index in [1.165, 1.54) is 0 Å². The van der Waals surface area contributed by atoms with Crippen molar-refractivity contribution in [1.29, 1.82) is 0 Å². The first-order chi connectivity index (χ1) is 10.6. The Morgan fingerprint density at radius 2 is 2.00 bits per heavy atom. The number of amides is 1. The predicted molar refractivity (Wildman–Crippen MR) is 103 cm³/mol. The highest BCUT2D eigenvalue weighted by molar-refractivity contribution is 5.85. The van der Waals surface area contributed by atoms with E-state index in [0.717, 1.165) is 45.0 Å². The minimum absolute atomic E-state index is 0. The van der Waals surface area contributed by atoms with Gasteiger partial charge in [0.05, 0.1) is 0 Å². The summed E-state index contributed by atoms with van der Waals surface area (Å²) < 4.78 is 0. The summed E-state index contributed by atoms with van der Waals surface area (Å²) in [6.07, 6.45) is 3.21. The molecular weight excluding hydrogens is 349 g/mol. The Bertz CT molecular complexity index is 453. The second-order valence-electron chi connectivity index (χ2n) is 5.88. The van der Waals surface area contributed by atoms with Gasteiger partial charge >= 0.3 is 0 Å². The van der Waals surface area contributed by atoms with Crippen molar-refractivity contribution in [1.82, 2.24) is 15.2 Å². The van der Waals surface area contributed by atoms with E-state index in [9.17, 15) is 4.79 Å². The highest BCUT2D eigenvalue weighted by Crippen LogP contribution is 2.12. The molecule has 3 N–H and O–H groups in total. The van der Waals surface area contributed by atoms with Crippen molar-refractivity contribution in [2.75, 3.05) is 44.2 Å². The number of anilines is 1. The molecule has 1 aromatic heterocycles. The number of piperazine rings is 1. The first-order valence-electron chi connectivity index (χ1n) is 8.06. The second kappa shape index (κ2) is 12.3. The Morgan fingerprint density at radius 1 is 1.29 bits per heavy atom. The lowest BCUT2D eigenvalue weighted by molar-refractivity contribution is -0.121. The van der Waals surface area contributed by atoms with Crippen molar-refractivity contribution in [3.63, 3.8) is 0 Å². The van der Waals surface area contributed by atoms with Crippen molar-refractivity contribution >= 4 is 36.5 Å². The monoisotopic (exact) mass is 377 g/mol. The predicted octanol–water partition coefficient (Wildman–Crippen LogP) is 1.29. The second-order valence-corrected chi connectivity index (χ2v) is 5.88. The van der Waals surface area contributed by atoms with Gasteiger partial charge in [0, 0.05) is 57.9 Å². The zero-order valence-electron chi connectivity index (χ0n) is 14.2. The number of hydrogen-bond acceptors (Lipinski definition) is 5. The van der Waals surface area contributed by atoms with Gasteiger partial charge in [-0.15, -0.1) is 24.8 Å². The van der Waals surface area contributed by atoms with E-state index in [2.05, 4.69) is 20.1 Å². The molecule has 1 fully saturated rings. The van der Waals surface area contributed by atoms with E-state index in [1.54, 1.807) is 0 Å². The molecular formula is C16H29Cl2N5O. The maximum Gasteiger partial charge on any atom is 0.221 e. The lowest BCUT2D eigenvalue weighted by atomic mass is 10.2. The van der Waals surface area contributed by atoms with E-state index in [-0.39, 0.29) is 36.8 Å². The third kappa shape index (κ3) is 8.15. The van der Waals surface area contributed by atoms with Gasteiger partial charge in [-0.05, 0) is 25.5 Å². The maximum atomic E-state index is 11.8. The number of halogens is 2. The number of nitrogens with zero attached hydrogens (tertiary/aromatic N) is 3. The Balaban J connectivity index is 0.00000264. The number of carbonyl (C=O) groups is 1. The van der Waals surface area contributed by atoms with Crippen LogP contribution in [0.4, 0.5) is 5.82 Å². The molecule has 0 bridgehead atoms. The molecule has 0 spiro atoms. The highest BCUT2D eigenvalue weighted by atomic mass is 35.5. The molecule has 0 aromatic carbocycles. The number of aromatic nitrogens is 1. The molecule has 0 saturated carbocycles. The summed E-state index contributed by atoms with van der Waals surface area (Å²) in [6, 6.07) is 6.13. The summed E-state index contributed by atoms with van der Waals surface area (Å²) >= 11 is 0. The zero-order chi connectivity index (χ0) is 15.8. The fraction of sp³-hybridized carbons (Fsp3) is 0.625. The average Bonchev–Trinajstić information content (AvgIpc) is 2.54. The molecule has 1 amide bonds. The van der Waals surface area contributed by atoms with Crippen LogP contribution < -0.4 is 16.0 Å². The van der Waals surface area contributed by atoms with Gasteiger partial charge in [-0.3, -0.25) is 9.69 Å². The Labute approximate surface area is 157 Å². The molecule has 1 atom stereocenters. The molecule has 138 valence electrons. The average molecular weight is 378 g/mol. The number of nitrogens with two attached hydrogens (primary N) is 1. The summed E-state index contributed by atoms with van der Waals surface area (Å²) in [5.74, 6) is 1.16. The first-order valence-corrected chi connectivity index (χ1v) is 8.06. The molecule has 1 aliphatic heterocycles.